The van der Waals surface area contributed by atoms with Gasteiger partial charge in [0.15, 0.2) is 0 Å². The Kier molecular flexibility index (Phi) is 8.74. The van der Waals surface area contributed by atoms with Crippen LogP contribution in [0, 0.1) is 0 Å². The summed E-state index contributed by atoms with van der Waals surface area (Å²) >= 11 is 0. The molecular weight excluding hydrogens is 472 g/mol. The van der Waals surface area contributed by atoms with Crippen molar-refractivity contribution in [3.8, 4) is 23.0 Å². The molecule has 0 radical (unpaired) electrons. The van der Waals surface area contributed by atoms with Gasteiger partial charge >= 0.3 is 0 Å². The molecule has 4 rings (SSSR count). The summed E-state index contributed by atoms with van der Waals surface area (Å²) in [6, 6.07) is 31.3. The maximum absolute atomic E-state index is 5.32. The summed E-state index contributed by atoms with van der Waals surface area (Å²) in [6.45, 7) is 0. The van der Waals surface area contributed by atoms with Gasteiger partial charge in [0.2, 0.25) is 0 Å². The molecule has 0 atom stereocenters. The monoisotopic (exact) mass is 500 g/mol. The van der Waals surface area contributed by atoms with E-state index in [9.17, 15) is 0 Å². The highest BCUT2D eigenvalue weighted by atomic mass is 16.5. The molecule has 0 amide bonds. The minimum Gasteiger partial charge on any atom is -0.497 e. The molecule has 4 heteroatoms. The first-order valence-electron chi connectivity index (χ1n) is 12.0. The first-order chi connectivity index (χ1) is 18.6. The van der Waals surface area contributed by atoms with Crippen molar-refractivity contribution in [2.45, 2.75) is 0 Å². The van der Waals surface area contributed by atoms with E-state index in [1.807, 2.05) is 97.1 Å². The van der Waals surface area contributed by atoms with Crippen molar-refractivity contribution in [1.29, 1.82) is 0 Å². The lowest BCUT2D eigenvalue weighted by Gasteiger charge is -2.08. The highest BCUT2D eigenvalue weighted by molar-refractivity contribution is 5.81. The average molecular weight is 501 g/mol. The van der Waals surface area contributed by atoms with Crippen molar-refractivity contribution >= 4 is 11.1 Å². The van der Waals surface area contributed by atoms with Gasteiger partial charge < -0.3 is 18.9 Å². The van der Waals surface area contributed by atoms with E-state index in [1.54, 1.807) is 28.4 Å². The molecule has 0 unspecified atom stereocenters. The van der Waals surface area contributed by atoms with Gasteiger partial charge in [-0.3, -0.25) is 0 Å². The molecule has 0 fully saturated rings. The molecule has 0 saturated carbocycles. The maximum Gasteiger partial charge on any atom is 0.118 e. The summed E-state index contributed by atoms with van der Waals surface area (Å²) in [5, 5.41) is 0. The number of hydrogen-bond acceptors (Lipinski definition) is 4. The average Bonchev–Trinajstić information content (AvgIpc) is 2.99. The van der Waals surface area contributed by atoms with Crippen LogP contribution < -0.4 is 18.9 Å². The Morgan fingerprint density at radius 2 is 0.579 bits per heavy atom. The van der Waals surface area contributed by atoms with Crippen molar-refractivity contribution < 1.29 is 18.9 Å². The number of rotatable bonds is 8. The number of ether oxygens (including phenoxy) is 4. The lowest BCUT2D eigenvalue weighted by Crippen LogP contribution is -1.89. The highest BCUT2D eigenvalue weighted by Crippen LogP contribution is 2.27. The number of methoxy groups -OCH3 is 4. The van der Waals surface area contributed by atoms with Gasteiger partial charge in [-0.25, -0.2) is 0 Å². The van der Waals surface area contributed by atoms with Crippen LogP contribution in [0.5, 0.6) is 23.0 Å². The first kappa shape index (κ1) is 26.0. The van der Waals surface area contributed by atoms with E-state index in [0.29, 0.717) is 0 Å². The fourth-order valence-corrected chi connectivity index (χ4v) is 3.84. The molecule has 4 aromatic carbocycles. The normalized spacial score (nSPS) is 9.68. The summed E-state index contributed by atoms with van der Waals surface area (Å²) in [5.74, 6) is 3.14. The molecule has 0 bridgehead atoms. The summed E-state index contributed by atoms with van der Waals surface area (Å²) in [5.41, 5.74) is 18.3. The Hall–Kier alpha value is -5.06. The van der Waals surface area contributed by atoms with Crippen LogP contribution in [0.1, 0.15) is 22.3 Å². The molecular formula is C34H28O4. The van der Waals surface area contributed by atoms with Crippen LogP contribution in [-0.2, 0) is 0 Å². The number of hydrogen-bond donors (Lipinski definition) is 0. The topological polar surface area (TPSA) is 36.9 Å². The molecule has 4 aromatic rings. The van der Waals surface area contributed by atoms with Crippen LogP contribution in [0.15, 0.2) is 120 Å². The maximum atomic E-state index is 5.32. The molecule has 188 valence electrons. The molecule has 0 heterocycles. The van der Waals surface area contributed by atoms with Crippen molar-refractivity contribution in [3.63, 3.8) is 0 Å². The zero-order valence-corrected chi connectivity index (χ0v) is 21.9. The van der Waals surface area contributed by atoms with Crippen LogP contribution in [0.4, 0.5) is 0 Å². The second-order valence-electron chi connectivity index (χ2n) is 8.16. The minimum absolute atomic E-state index is 0.786. The molecule has 0 N–H and O–H groups in total. The predicted molar refractivity (Wildman–Crippen MR) is 151 cm³/mol. The Morgan fingerprint density at radius 3 is 0.763 bits per heavy atom. The Balaban J connectivity index is 1.91. The molecule has 38 heavy (non-hydrogen) atoms. The molecule has 0 aliphatic heterocycles. The van der Waals surface area contributed by atoms with Gasteiger partial charge in [-0.2, -0.15) is 0 Å². The van der Waals surface area contributed by atoms with E-state index in [0.717, 1.165) is 56.4 Å². The molecule has 0 aromatic heterocycles. The van der Waals surface area contributed by atoms with Gasteiger partial charge in [-0.15, -0.1) is 0 Å². The SMILES string of the molecule is COc1ccc(C(=C=C=C=C=C(c2ccc(OC)cc2)c2ccc(OC)cc2)c2ccc(OC)cc2)cc1. The predicted octanol–water partition coefficient (Wildman–Crippen LogP) is 7.35. The molecule has 0 aliphatic rings. The van der Waals surface area contributed by atoms with Crippen molar-refractivity contribution in [3.05, 3.63) is 142 Å². The van der Waals surface area contributed by atoms with Gasteiger partial charge in [0.25, 0.3) is 0 Å². The standard InChI is InChI=1S/C34H28O4/c1-35-29-17-9-25(10-18-29)33(26-11-19-30(36-2)20-12-26)7-5-6-8-34(27-13-21-31(37-3)22-14-27)28-15-23-32(38-4)24-16-28/h9-24H,1-4H3. The summed E-state index contributed by atoms with van der Waals surface area (Å²) < 4.78 is 21.3. The Morgan fingerprint density at radius 1 is 0.368 bits per heavy atom. The summed E-state index contributed by atoms with van der Waals surface area (Å²) in [7, 11) is 6.60. The Labute approximate surface area is 223 Å². The lowest BCUT2D eigenvalue weighted by atomic mass is 9.98. The zero-order valence-electron chi connectivity index (χ0n) is 21.9. The summed E-state index contributed by atoms with van der Waals surface area (Å²) in [6.07, 6.45) is 0. The van der Waals surface area contributed by atoms with Crippen molar-refractivity contribution in [2.24, 2.45) is 0 Å². The van der Waals surface area contributed by atoms with Crippen molar-refractivity contribution in [1.82, 2.24) is 0 Å². The van der Waals surface area contributed by atoms with Gasteiger partial charge in [0, 0.05) is 11.1 Å². The lowest BCUT2D eigenvalue weighted by molar-refractivity contribution is 0.414. The van der Waals surface area contributed by atoms with E-state index >= 15 is 0 Å². The van der Waals surface area contributed by atoms with E-state index in [4.69, 9.17) is 18.9 Å². The first-order valence-corrected chi connectivity index (χ1v) is 12.0. The molecule has 0 aliphatic carbocycles. The van der Waals surface area contributed by atoms with Crippen LogP contribution in [0.2, 0.25) is 0 Å². The molecule has 0 saturated heterocycles. The number of benzene rings is 4. The van der Waals surface area contributed by atoms with E-state index in [-0.39, 0.29) is 0 Å². The van der Waals surface area contributed by atoms with E-state index in [1.165, 1.54) is 0 Å². The third-order valence-corrected chi connectivity index (χ3v) is 5.95. The highest BCUT2D eigenvalue weighted by Gasteiger charge is 2.07. The summed E-state index contributed by atoms with van der Waals surface area (Å²) in [4.78, 5) is 0. The van der Waals surface area contributed by atoms with Crippen LogP contribution >= 0.6 is 0 Å². The largest absolute Gasteiger partial charge is 0.497 e. The fraction of sp³-hybridized carbons (Fsp3) is 0.118. The van der Waals surface area contributed by atoms with Crippen molar-refractivity contribution in [2.75, 3.05) is 28.4 Å². The molecule has 4 nitrogen and oxygen atoms in total. The Bertz CT molecular complexity index is 1320. The van der Waals surface area contributed by atoms with Gasteiger partial charge in [-0.1, -0.05) is 60.0 Å². The smallest absolute Gasteiger partial charge is 0.118 e. The molecule has 0 spiro atoms. The van der Waals surface area contributed by atoms with Crippen LogP contribution in [-0.4, -0.2) is 28.4 Å². The van der Waals surface area contributed by atoms with Gasteiger partial charge in [-0.05, 0) is 82.2 Å². The van der Waals surface area contributed by atoms with E-state index in [2.05, 4.69) is 22.9 Å². The quantitative estimate of drug-likeness (QED) is 0.237. The minimum atomic E-state index is 0.786. The second kappa shape index (κ2) is 12.8. The van der Waals surface area contributed by atoms with Gasteiger partial charge in [0.05, 0.1) is 28.4 Å². The van der Waals surface area contributed by atoms with Crippen LogP contribution in [0.3, 0.4) is 0 Å². The third kappa shape index (κ3) is 6.38. The zero-order chi connectivity index (χ0) is 26.7. The third-order valence-electron chi connectivity index (χ3n) is 5.95. The fourth-order valence-electron chi connectivity index (χ4n) is 3.84. The second-order valence-corrected chi connectivity index (χ2v) is 8.16. The van der Waals surface area contributed by atoms with Gasteiger partial charge in [0.1, 0.15) is 23.0 Å². The van der Waals surface area contributed by atoms with Crippen LogP contribution in [0.25, 0.3) is 11.1 Å². The van der Waals surface area contributed by atoms with E-state index < -0.39 is 0 Å².